The first-order valence-electron chi connectivity index (χ1n) is 6.65. The van der Waals surface area contributed by atoms with Crippen LogP contribution in [0.2, 0.25) is 0 Å². The van der Waals surface area contributed by atoms with Crippen LogP contribution in [0, 0.1) is 0 Å². The molecule has 2 aromatic rings. The summed E-state index contributed by atoms with van der Waals surface area (Å²) >= 11 is 0. The largest absolute Gasteiger partial charge is 0.432 e. The molecule has 0 bridgehead atoms. The first kappa shape index (κ1) is 12.2. The van der Waals surface area contributed by atoms with E-state index in [1.165, 1.54) is 0 Å². The van der Waals surface area contributed by atoms with Gasteiger partial charge in [0.25, 0.3) is 0 Å². The van der Waals surface area contributed by atoms with Crippen LogP contribution < -0.4 is 0 Å². The maximum absolute atomic E-state index is 12.2. The van der Waals surface area contributed by atoms with Crippen molar-refractivity contribution >= 4 is 16.7 Å². The van der Waals surface area contributed by atoms with Crippen LogP contribution in [-0.4, -0.2) is 18.9 Å². The average molecular weight is 256 g/mol. The molecule has 1 aliphatic heterocycles. The van der Waals surface area contributed by atoms with Crippen molar-refractivity contribution in [1.82, 2.24) is 0 Å². The van der Waals surface area contributed by atoms with E-state index >= 15 is 0 Å². The van der Waals surface area contributed by atoms with Gasteiger partial charge in [-0.15, -0.1) is 0 Å². The molecular formula is C16H16O3. The van der Waals surface area contributed by atoms with Crippen molar-refractivity contribution < 1.29 is 14.3 Å². The first-order valence-corrected chi connectivity index (χ1v) is 6.65. The van der Waals surface area contributed by atoms with Gasteiger partial charge in [0.15, 0.2) is 0 Å². The molecule has 1 atom stereocenters. The normalized spacial score (nSPS) is 19.3. The van der Waals surface area contributed by atoms with Crippen LogP contribution in [0.25, 0.3) is 10.8 Å². The third-order valence-electron chi connectivity index (χ3n) is 3.39. The van der Waals surface area contributed by atoms with Crippen molar-refractivity contribution in [2.24, 2.45) is 0 Å². The molecule has 1 aliphatic rings. The van der Waals surface area contributed by atoms with Gasteiger partial charge >= 0.3 is 5.97 Å². The molecular weight excluding hydrogens is 240 g/mol. The number of carbonyl (C=O) groups excluding carboxylic acids is 1. The Morgan fingerprint density at radius 1 is 1.11 bits per heavy atom. The van der Waals surface area contributed by atoms with E-state index in [2.05, 4.69) is 0 Å². The third-order valence-corrected chi connectivity index (χ3v) is 3.39. The highest BCUT2D eigenvalue weighted by atomic mass is 16.7. The number of rotatable bonds is 2. The number of esters is 1. The lowest BCUT2D eigenvalue weighted by Crippen LogP contribution is -2.25. The minimum Gasteiger partial charge on any atom is -0.432 e. The fourth-order valence-corrected chi connectivity index (χ4v) is 2.39. The molecule has 3 rings (SSSR count). The Bertz CT molecular complexity index is 580. The Kier molecular flexibility index (Phi) is 3.47. The van der Waals surface area contributed by atoms with Gasteiger partial charge in [0, 0.05) is 6.42 Å². The van der Waals surface area contributed by atoms with E-state index in [1.807, 2.05) is 36.4 Å². The van der Waals surface area contributed by atoms with Crippen molar-refractivity contribution in [2.75, 3.05) is 6.61 Å². The minimum absolute atomic E-state index is 0.302. The van der Waals surface area contributed by atoms with E-state index in [-0.39, 0.29) is 12.3 Å². The smallest absolute Gasteiger partial charge is 0.341 e. The maximum atomic E-state index is 12.2. The van der Waals surface area contributed by atoms with Crippen LogP contribution in [0.4, 0.5) is 0 Å². The molecule has 19 heavy (non-hydrogen) atoms. The van der Waals surface area contributed by atoms with E-state index in [0.717, 1.165) is 30.0 Å². The van der Waals surface area contributed by atoms with Crippen LogP contribution in [0.3, 0.4) is 0 Å². The SMILES string of the molecule is O=C(OC1CCCCO1)c1cccc2ccccc12. The summed E-state index contributed by atoms with van der Waals surface area (Å²) in [5, 5.41) is 1.97. The van der Waals surface area contributed by atoms with Crippen LogP contribution in [-0.2, 0) is 9.47 Å². The van der Waals surface area contributed by atoms with E-state index in [1.54, 1.807) is 6.07 Å². The van der Waals surface area contributed by atoms with Gasteiger partial charge < -0.3 is 9.47 Å². The molecule has 98 valence electrons. The molecule has 1 unspecified atom stereocenters. The average Bonchev–Trinajstić information content (AvgIpc) is 2.47. The van der Waals surface area contributed by atoms with Gasteiger partial charge in [-0.3, -0.25) is 0 Å². The van der Waals surface area contributed by atoms with Crippen molar-refractivity contribution in [1.29, 1.82) is 0 Å². The lowest BCUT2D eigenvalue weighted by molar-refractivity contribution is -0.130. The fraction of sp³-hybridized carbons (Fsp3) is 0.312. The van der Waals surface area contributed by atoms with Gasteiger partial charge in [0.1, 0.15) is 0 Å². The molecule has 0 saturated carbocycles. The molecule has 0 aliphatic carbocycles. The summed E-state index contributed by atoms with van der Waals surface area (Å²) in [6, 6.07) is 13.5. The summed E-state index contributed by atoms with van der Waals surface area (Å²) in [5.74, 6) is -0.302. The maximum Gasteiger partial charge on any atom is 0.341 e. The highest BCUT2D eigenvalue weighted by molar-refractivity contribution is 6.04. The Balaban J connectivity index is 1.85. The molecule has 0 N–H and O–H groups in total. The molecule has 3 nitrogen and oxygen atoms in total. The molecule has 2 aromatic carbocycles. The molecule has 0 amide bonds. The summed E-state index contributed by atoms with van der Waals surface area (Å²) in [5.41, 5.74) is 0.604. The van der Waals surface area contributed by atoms with Gasteiger partial charge in [-0.05, 0) is 29.7 Å². The molecule has 1 saturated heterocycles. The highest BCUT2D eigenvalue weighted by Crippen LogP contribution is 2.21. The standard InChI is InChI=1S/C16H16O3/c17-16(19-15-10-3-4-11-18-15)14-9-5-7-12-6-1-2-8-13(12)14/h1-2,5-9,15H,3-4,10-11H2. The number of fused-ring (bicyclic) bond motifs is 1. The third kappa shape index (κ3) is 2.61. The quantitative estimate of drug-likeness (QED) is 0.771. The lowest BCUT2D eigenvalue weighted by Gasteiger charge is -2.22. The van der Waals surface area contributed by atoms with Gasteiger partial charge in [-0.2, -0.15) is 0 Å². The zero-order valence-corrected chi connectivity index (χ0v) is 10.7. The summed E-state index contributed by atoms with van der Waals surface area (Å²) < 4.78 is 10.9. The van der Waals surface area contributed by atoms with E-state index in [0.29, 0.717) is 12.2 Å². The molecule has 1 heterocycles. The Morgan fingerprint density at radius 3 is 2.79 bits per heavy atom. The number of benzene rings is 2. The monoisotopic (exact) mass is 256 g/mol. The molecule has 3 heteroatoms. The number of hydrogen-bond acceptors (Lipinski definition) is 3. The molecule has 0 aromatic heterocycles. The molecule has 0 radical (unpaired) electrons. The first-order chi connectivity index (χ1) is 9.34. The number of hydrogen-bond donors (Lipinski definition) is 0. The second-order valence-electron chi connectivity index (χ2n) is 4.73. The predicted octanol–water partition coefficient (Wildman–Crippen LogP) is 3.52. The van der Waals surface area contributed by atoms with Crippen LogP contribution in [0.1, 0.15) is 29.6 Å². The van der Waals surface area contributed by atoms with E-state index in [9.17, 15) is 4.79 Å². The fourth-order valence-electron chi connectivity index (χ4n) is 2.39. The molecule has 0 spiro atoms. The van der Waals surface area contributed by atoms with Gasteiger partial charge in [0.05, 0.1) is 12.2 Å². The zero-order valence-electron chi connectivity index (χ0n) is 10.7. The lowest BCUT2D eigenvalue weighted by atomic mass is 10.0. The minimum atomic E-state index is -0.389. The Hall–Kier alpha value is -1.87. The Morgan fingerprint density at radius 2 is 1.95 bits per heavy atom. The van der Waals surface area contributed by atoms with Crippen molar-refractivity contribution in [3.05, 3.63) is 48.0 Å². The van der Waals surface area contributed by atoms with Gasteiger partial charge in [-0.1, -0.05) is 36.4 Å². The summed E-state index contributed by atoms with van der Waals surface area (Å²) in [6.07, 6.45) is 2.49. The molecule has 1 fully saturated rings. The van der Waals surface area contributed by atoms with Gasteiger partial charge in [-0.25, -0.2) is 4.79 Å². The van der Waals surface area contributed by atoms with Crippen LogP contribution >= 0.6 is 0 Å². The summed E-state index contributed by atoms with van der Waals surface area (Å²) in [7, 11) is 0. The predicted molar refractivity (Wildman–Crippen MR) is 73.0 cm³/mol. The summed E-state index contributed by atoms with van der Waals surface area (Å²) in [6.45, 7) is 0.674. The topological polar surface area (TPSA) is 35.5 Å². The number of ether oxygens (including phenoxy) is 2. The second kappa shape index (κ2) is 5.41. The van der Waals surface area contributed by atoms with Crippen LogP contribution in [0.15, 0.2) is 42.5 Å². The van der Waals surface area contributed by atoms with E-state index < -0.39 is 0 Å². The van der Waals surface area contributed by atoms with E-state index in [4.69, 9.17) is 9.47 Å². The van der Waals surface area contributed by atoms with Crippen LogP contribution in [0.5, 0.6) is 0 Å². The van der Waals surface area contributed by atoms with Crippen molar-refractivity contribution in [3.63, 3.8) is 0 Å². The van der Waals surface area contributed by atoms with Crippen molar-refractivity contribution in [2.45, 2.75) is 25.6 Å². The van der Waals surface area contributed by atoms with Gasteiger partial charge in [0.2, 0.25) is 6.29 Å². The highest BCUT2D eigenvalue weighted by Gasteiger charge is 2.20. The van der Waals surface area contributed by atoms with Crippen molar-refractivity contribution in [3.8, 4) is 0 Å². The zero-order chi connectivity index (χ0) is 13.1. The summed E-state index contributed by atoms with van der Waals surface area (Å²) in [4.78, 5) is 12.2. The Labute approximate surface area is 112 Å². The second-order valence-corrected chi connectivity index (χ2v) is 4.73. The number of carbonyl (C=O) groups is 1.